The van der Waals surface area contributed by atoms with E-state index >= 15 is 0 Å². The van der Waals surface area contributed by atoms with Crippen LogP contribution < -0.4 is 4.74 Å². The minimum absolute atomic E-state index is 0.0692. The van der Waals surface area contributed by atoms with Crippen LogP contribution in [0.4, 0.5) is 0 Å². The molecule has 6 nitrogen and oxygen atoms in total. The lowest BCUT2D eigenvalue weighted by Gasteiger charge is -2.16. The van der Waals surface area contributed by atoms with Gasteiger partial charge < -0.3 is 9.64 Å². The van der Waals surface area contributed by atoms with Gasteiger partial charge in [0, 0.05) is 43.5 Å². The third kappa shape index (κ3) is 4.53. The van der Waals surface area contributed by atoms with Gasteiger partial charge in [-0.25, -0.2) is 0 Å². The number of nitrogens with zero attached hydrogens (tertiary/aromatic N) is 4. The van der Waals surface area contributed by atoms with Gasteiger partial charge in [0.05, 0.1) is 17.8 Å². The van der Waals surface area contributed by atoms with E-state index in [1.807, 2.05) is 31.4 Å². The summed E-state index contributed by atoms with van der Waals surface area (Å²) in [6, 6.07) is 16.5. The second-order valence-electron chi connectivity index (χ2n) is 6.27. The van der Waals surface area contributed by atoms with Crippen molar-refractivity contribution in [3.05, 3.63) is 83.2 Å². The summed E-state index contributed by atoms with van der Waals surface area (Å²) < 4.78 is 7.45. The SMILES string of the molecule is CN(Cc1cnn(C)c1)C(=O)c1ccc(OCc2ccccc2C#N)cc1. The lowest BCUT2D eigenvalue weighted by atomic mass is 10.1. The Bertz CT molecular complexity index is 970. The second kappa shape index (κ2) is 8.19. The van der Waals surface area contributed by atoms with Crippen LogP contribution in [0.1, 0.15) is 27.0 Å². The highest BCUT2D eigenvalue weighted by Crippen LogP contribution is 2.17. The molecule has 0 unspecified atom stereocenters. The van der Waals surface area contributed by atoms with E-state index in [0.717, 1.165) is 11.1 Å². The molecule has 0 aliphatic heterocycles. The van der Waals surface area contributed by atoms with Crippen LogP contribution >= 0.6 is 0 Å². The van der Waals surface area contributed by atoms with Crippen LogP contribution in [-0.2, 0) is 20.2 Å². The van der Waals surface area contributed by atoms with Crippen LogP contribution in [0.3, 0.4) is 0 Å². The zero-order chi connectivity index (χ0) is 19.2. The Morgan fingerprint density at radius 1 is 1.22 bits per heavy atom. The quantitative estimate of drug-likeness (QED) is 0.677. The summed E-state index contributed by atoms with van der Waals surface area (Å²) >= 11 is 0. The van der Waals surface area contributed by atoms with Crippen LogP contribution in [0.25, 0.3) is 0 Å². The number of hydrogen-bond donors (Lipinski definition) is 0. The molecule has 1 amide bonds. The first-order chi connectivity index (χ1) is 13.1. The first kappa shape index (κ1) is 18.2. The molecule has 1 aromatic heterocycles. The van der Waals surface area contributed by atoms with Gasteiger partial charge in [0.1, 0.15) is 12.4 Å². The van der Waals surface area contributed by atoms with Crippen molar-refractivity contribution in [3.8, 4) is 11.8 Å². The molecule has 0 spiro atoms. The van der Waals surface area contributed by atoms with Crippen LogP contribution in [0, 0.1) is 11.3 Å². The van der Waals surface area contributed by atoms with Crippen LogP contribution in [0.15, 0.2) is 60.9 Å². The molecular formula is C21H20N4O2. The largest absolute Gasteiger partial charge is 0.489 e. The number of aromatic nitrogens is 2. The van der Waals surface area contributed by atoms with Gasteiger partial charge in [-0.15, -0.1) is 0 Å². The molecule has 0 radical (unpaired) electrons. The van der Waals surface area contributed by atoms with Gasteiger partial charge in [-0.3, -0.25) is 9.48 Å². The van der Waals surface area contributed by atoms with Crippen LogP contribution in [0.2, 0.25) is 0 Å². The second-order valence-corrected chi connectivity index (χ2v) is 6.27. The van der Waals surface area contributed by atoms with E-state index in [0.29, 0.717) is 30.0 Å². The number of carbonyl (C=O) groups excluding carboxylic acids is 1. The lowest BCUT2D eigenvalue weighted by molar-refractivity contribution is 0.0785. The van der Waals surface area contributed by atoms with Crippen LogP contribution in [0.5, 0.6) is 5.75 Å². The predicted octanol–water partition coefficient (Wildman–Crippen LogP) is 3.14. The van der Waals surface area contributed by atoms with Crippen molar-refractivity contribution < 1.29 is 9.53 Å². The molecule has 0 aliphatic rings. The topological polar surface area (TPSA) is 71.2 Å². The monoisotopic (exact) mass is 360 g/mol. The van der Waals surface area contributed by atoms with E-state index in [4.69, 9.17) is 10.00 Å². The maximum absolute atomic E-state index is 12.6. The Morgan fingerprint density at radius 3 is 2.63 bits per heavy atom. The number of ether oxygens (including phenoxy) is 1. The Balaban J connectivity index is 1.61. The van der Waals surface area contributed by atoms with E-state index in [2.05, 4.69) is 11.2 Å². The van der Waals surface area contributed by atoms with Crippen LogP contribution in [-0.4, -0.2) is 27.6 Å². The number of nitriles is 1. The van der Waals surface area contributed by atoms with E-state index in [1.54, 1.807) is 53.2 Å². The lowest BCUT2D eigenvalue weighted by Crippen LogP contribution is -2.25. The Labute approximate surface area is 158 Å². The Hall–Kier alpha value is -3.59. The Kier molecular flexibility index (Phi) is 5.53. The number of hydrogen-bond acceptors (Lipinski definition) is 4. The fourth-order valence-electron chi connectivity index (χ4n) is 2.73. The summed E-state index contributed by atoms with van der Waals surface area (Å²) in [7, 11) is 3.61. The van der Waals surface area contributed by atoms with E-state index in [9.17, 15) is 4.79 Å². The Morgan fingerprint density at radius 2 is 1.96 bits per heavy atom. The highest BCUT2D eigenvalue weighted by molar-refractivity contribution is 5.94. The van der Waals surface area contributed by atoms with Gasteiger partial charge in [0.2, 0.25) is 0 Å². The third-order valence-corrected chi connectivity index (χ3v) is 4.16. The summed E-state index contributed by atoms with van der Waals surface area (Å²) in [5.74, 6) is 0.578. The maximum atomic E-state index is 12.6. The molecule has 0 aliphatic carbocycles. The summed E-state index contributed by atoms with van der Waals surface area (Å²) in [5.41, 5.74) is 2.99. The maximum Gasteiger partial charge on any atom is 0.253 e. The standard InChI is InChI=1S/C21H20N4O2/c1-24(13-16-12-23-25(2)14-16)21(26)17-7-9-20(10-8-17)27-15-19-6-4-3-5-18(19)11-22/h3-10,12,14H,13,15H2,1-2H3. The van der Waals surface area contributed by atoms with E-state index in [1.165, 1.54) is 0 Å². The number of amides is 1. The molecule has 3 rings (SSSR count). The average Bonchev–Trinajstić information content (AvgIpc) is 3.11. The summed E-state index contributed by atoms with van der Waals surface area (Å²) in [4.78, 5) is 14.2. The molecule has 0 atom stereocenters. The third-order valence-electron chi connectivity index (χ3n) is 4.16. The van der Waals surface area contributed by atoms with Crippen molar-refractivity contribution in [2.75, 3.05) is 7.05 Å². The first-order valence-electron chi connectivity index (χ1n) is 8.50. The van der Waals surface area contributed by atoms with Crippen molar-refractivity contribution in [1.82, 2.24) is 14.7 Å². The summed E-state index contributed by atoms with van der Waals surface area (Å²) in [5, 5.41) is 13.2. The van der Waals surface area contributed by atoms with Gasteiger partial charge in [-0.1, -0.05) is 18.2 Å². The molecule has 0 saturated heterocycles. The van der Waals surface area contributed by atoms with Gasteiger partial charge >= 0.3 is 0 Å². The van der Waals surface area contributed by atoms with Crippen molar-refractivity contribution in [1.29, 1.82) is 5.26 Å². The predicted molar refractivity (Wildman–Crippen MR) is 101 cm³/mol. The summed E-state index contributed by atoms with van der Waals surface area (Å²) in [6.07, 6.45) is 3.64. The molecule has 0 N–H and O–H groups in total. The first-order valence-corrected chi connectivity index (χ1v) is 8.50. The fourth-order valence-corrected chi connectivity index (χ4v) is 2.73. The van der Waals surface area contributed by atoms with Gasteiger partial charge in [0.15, 0.2) is 0 Å². The molecule has 1 heterocycles. The molecule has 0 bridgehead atoms. The molecule has 3 aromatic rings. The van der Waals surface area contributed by atoms with Gasteiger partial charge in [-0.05, 0) is 30.3 Å². The zero-order valence-corrected chi connectivity index (χ0v) is 15.3. The normalized spacial score (nSPS) is 10.3. The molecule has 136 valence electrons. The minimum Gasteiger partial charge on any atom is -0.489 e. The van der Waals surface area contributed by atoms with Gasteiger partial charge in [-0.2, -0.15) is 10.4 Å². The van der Waals surface area contributed by atoms with E-state index in [-0.39, 0.29) is 5.91 Å². The van der Waals surface area contributed by atoms with Crippen molar-refractivity contribution in [2.45, 2.75) is 13.2 Å². The molecule has 0 saturated carbocycles. The molecule has 0 fully saturated rings. The van der Waals surface area contributed by atoms with Crippen molar-refractivity contribution in [2.24, 2.45) is 7.05 Å². The fraction of sp³-hybridized carbons (Fsp3) is 0.190. The number of carbonyl (C=O) groups is 1. The molecule has 6 heteroatoms. The molecule has 2 aromatic carbocycles. The smallest absolute Gasteiger partial charge is 0.253 e. The molecular weight excluding hydrogens is 340 g/mol. The highest BCUT2D eigenvalue weighted by atomic mass is 16.5. The zero-order valence-electron chi connectivity index (χ0n) is 15.3. The molecule has 27 heavy (non-hydrogen) atoms. The summed E-state index contributed by atoms with van der Waals surface area (Å²) in [6.45, 7) is 0.799. The highest BCUT2D eigenvalue weighted by Gasteiger charge is 2.13. The minimum atomic E-state index is -0.0692. The number of rotatable bonds is 6. The number of benzene rings is 2. The number of aryl methyl sites for hydroxylation is 1. The van der Waals surface area contributed by atoms with Crippen molar-refractivity contribution >= 4 is 5.91 Å². The average molecular weight is 360 g/mol. The van der Waals surface area contributed by atoms with Crippen molar-refractivity contribution in [3.63, 3.8) is 0 Å². The van der Waals surface area contributed by atoms with E-state index < -0.39 is 0 Å². The van der Waals surface area contributed by atoms with Gasteiger partial charge in [0.25, 0.3) is 5.91 Å².